The van der Waals surface area contributed by atoms with E-state index in [1.165, 1.54) is 29.5 Å². The molecule has 0 N–H and O–H groups in total. The molecule has 25 heavy (non-hydrogen) atoms. The summed E-state index contributed by atoms with van der Waals surface area (Å²) < 4.78 is 2.42. The summed E-state index contributed by atoms with van der Waals surface area (Å²) in [7, 11) is 1.76. The second-order valence-electron chi connectivity index (χ2n) is 5.16. The number of aromatic nitrogens is 1. The van der Waals surface area contributed by atoms with Crippen molar-refractivity contribution in [2.75, 3.05) is 0 Å². The highest BCUT2D eigenvalue weighted by molar-refractivity contribution is 7.16. The van der Waals surface area contributed by atoms with Crippen LogP contribution < -0.4 is 4.80 Å². The quantitative estimate of drug-likeness (QED) is 0.396. The molecule has 2 aromatic carbocycles. The van der Waals surface area contributed by atoms with Crippen LogP contribution in [0.25, 0.3) is 16.3 Å². The number of nitro groups is 1. The Hall–Kier alpha value is -2.77. The van der Waals surface area contributed by atoms with E-state index in [9.17, 15) is 14.9 Å². The van der Waals surface area contributed by atoms with Gasteiger partial charge in [0, 0.05) is 30.3 Å². The molecule has 0 bridgehead atoms. The molecule has 3 aromatic rings. The number of halogens is 1. The molecule has 6 nitrogen and oxygen atoms in total. The lowest BCUT2D eigenvalue weighted by Gasteiger charge is -1.95. The second kappa shape index (κ2) is 7.00. The van der Waals surface area contributed by atoms with Crippen molar-refractivity contribution in [2.24, 2.45) is 12.0 Å². The molecular formula is C17H12ClN3O3S. The molecule has 0 fully saturated rings. The minimum Gasteiger partial charge on any atom is -0.319 e. The molecule has 0 radical (unpaired) electrons. The minimum absolute atomic E-state index is 0.00541. The lowest BCUT2D eigenvalue weighted by atomic mass is 10.2. The number of nitrogens with zero attached hydrogens (tertiary/aromatic N) is 3. The number of hydrogen-bond donors (Lipinski definition) is 0. The molecule has 0 aliphatic carbocycles. The molecule has 3 rings (SSSR count). The molecule has 1 aromatic heterocycles. The maximum absolute atomic E-state index is 12.1. The fourth-order valence-corrected chi connectivity index (χ4v) is 3.50. The van der Waals surface area contributed by atoms with Gasteiger partial charge in [-0.1, -0.05) is 41.1 Å². The average molecular weight is 374 g/mol. The fraction of sp³-hybridized carbons (Fsp3) is 0.0588. The Morgan fingerprint density at radius 3 is 2.80 bits per heavy atom. The normalized spacial score (nSPS) is 12.2. The van der Waals surface area contributed by atoms with E-state index in [4.69, 9.17) is 11.6 Å². The summed E-state index contributed by atoms with van der Waals surface area (Å²) in [6.45, 7) is 0. The molecule has 8 heteroatoms. The van der Waals surface area contributed by atoms with Crippen molar-refractivity contribution >= 4 is 50.8 Å². The van der Waals surface area contributed by atoms with Gasteiger partial charge in [0.2, 0.25) is 0 Å². The Balaban J connectivity index is 1.95. The van der Waals surface area contributed by atoms with Crippen LogP contribution in [-0.2, 0) is 11.8 Å². The van der Waals surface area contributed by atoms with E-state index in [0.29, 0.717) is 14.5 Å². The lowest BCUT2D eigenvalue weighted by Crippen LogP contribution is -2.12. The Labute approximate surface area is 151 Å². The third-order valence-electron chi connectivity index (χ3n) is 3.52. The standard InChI is InChI=1S/C17H12ClN3O3S/c1-20-14-8-7-12(21(23)24)10-15(14)25-17(20)19-16(22)9-6-11-4-2-3-5-13(11)18/h2-10H,1H3. The predicted molar refractivity (Wildman–Crippen MR) is 98.5 cm³/mol. The number of fused-ring (bicyclic) bond motifs is 1. The van der Waals surface area contributed by atoms with Crippen LogP contribution in [0.1, 0.15) is 5.56 Å². The molecule has 0 spiro atoms. The number of non-ortho nitro benzene ring substituents is 1. The molecular weight excluding hydrogens is 362 g/mol. The lowest BCUT2D eigenvalue weighted by molar-refractivity contribution is -0.384. The summed E-state index contributed by atoms with van der Waals surface area (Å²) in [5.74, 6) is -0.434. The van der Waals surface area contributed by atoms with Gasteiger partial charge in [0.1, 0.15) is 0 Å². The number of amides is 1. The second-order valence-corrected chi connectivity index (χ2v) is 6.57. The average Bonchev–Trinajstić information content (AvgIpc) is 2.89. The van der Waals surface area contributed by atoms with Crippen LogP contribution in [0.2, 0.25) is 5.02 Å². The summed E-state index contributed by atoms with van der Waals surface area (Å²) in [6, 6.07) is 11.7. The first-order valence-electron chi connectivity index (χ1n) is 7.21. The monoisotopic (exact) mass is 373 g/mol. The zero-order valence-corrected chi connectivity index (χ0v) is 14.6. The third-order valence-corrected chi connectivity index (χ3v) is 4.96. The summed E-state index contributed by atoms with van der Waals surface area (Å²) >= 11 is 7.26. The first kappa shape index (κ1) is 17.1. The largest absolute Gasteiger partial charge is 0.319 e. The number of carbonyl (C=O) groups is 1. The van der Waals surface area contributed by atoms with Gasteiger partial charge in [-0.2, -0.15) is 4.99 Å². The van der Waals surface area contributed by atoms with Gasteiger partial charge in [0.25, 0.3) is 11.6 Å². The summed E-state index contributed by atoms with van der Waals surface area (Å²) in [6.07, 6.45) is 2.94. The Morgan fingerprint density at radius 1 is 1.32 bits per heavy atom. The van der Waals surface area contributed by atoms with E-state index in [2.05, 4.69) is 4.99 Å². The van der Waals surface area contributed by atoms with Gasteiger partial charge in [-0.05, 0) is 23.8 Å². The van der Waals surface area contributed by atoms with Crippen molar-refractivity contribution in [1.82, 2.24) is 4.57 Å². The van der Waals surface area contributed by atoms with Crippen molar-refractivity contribution in [3.8, 4) is 0 Å². The van der Waals surface area contributed by atoms with Crippen LogP contribution in [0, 0.1) is 10.1 Å². The van der Waals surface area contributed by atoms with Crippen molar-refractivity contribution in [3.63, 3.8) is 0 Å². The van der Waals surface area contributed by atoms with E-state index in [-0.39, 0.29) is 5.69 Å². The van der Waals surface area contributed by atoms with Gasteiger partial charge in [-0.3, -0.25) is 14.9 Å². The van der Waals surface area contributed by atoms with E-state index in [1.807, 2.05) is 12.1 Å². The number of aryl methyl sites for hydroxylation is 1. The summed E-state index contributed by atoms with van der Waals surface area (Å²) in [4.78, 5) is 27.0. The molecule has 1 heterocycles. The van der Waals surface area contributed by atoms with Gasteiger partial charge in [-0.15, -0.1) is 0 Å². The molecule has 0 saturated carbocycles. The molecule has 0 atom stereocenters. The van der Waals surface area contributed by atoms with Crippen LogP contribution in [0.5, 0.6) is 0 Å². The van der Waals surface area contributed by atoms with E-state index >= 15 is 0 Å². The Kier molecular flexibility index (Phi) is 4.78. The number of hydrogen-bond acceptors (Lipinski definition) is 4. The first-order chi connectivity index (χ1) is 12.0. The first-order valence-corrected chi connectivity index (χ1v) is 8.40. The highest BCUT2D eigenvalue weighted by Gasteiger charge is 2.10. The van der Waals surface area contributed by atoms with E-state index < -0.39 is 10.8 Å². The number of nitro benzene ring substituents is 1. The maximum atomic E-state index is 12.1. The van der Waals surface area contributed by atoms with Gasteiger partial charge in [0.05, 0.1) is 15.1 Å². The maximum Gasteiger partial charge on any atom is 0.272 e. The van der Waals surface area contributed by atoms with E-state index in [0.717, 1.165) is 11.1 Å². The topological polar surface area (TPSA) is 77.5 Å². The Bertz CT molecular complexity index is 1080. The van der Waals surface area contributed by atoms with Gasteiger partial charge in [0.15, 0.2) is 4.80 Å². The molecule has 0 aliphatic heterocycles. The van der Waals surface area contributed by atoms with Gasteiger partial charge >= 0.3 is 0 Å². The summed E-state index contributed by atoms with van der Waals surface area (Å²) in [5.41, 5.74) is 1.51. The SMILES string of the molecule is Cn1c(=NC(=O)C=Cc2ccccc2Cl)sc2cc([N+](=O)[O-])ccc21. The van der Waals surface area contributed by atoms with Crippen LogP contribution >= 0.6 is 22.9 Å². The van der Waals surface area contributed by atoms with Crippen LogP contribution in [0.15, 0.2) is 53.5 Å². The Morgan fingerprint density at radius 2 is 2.08 bits per heavy atom. The number of thiazole rings is 1. The van der Waals surface area contributed by atoms with Crippen molar-refractivity contribution in [1.29, 1.82) is 0 Å². The number of rotatable bonds is 3. The molecule has 0 unspecified atom stereocenters. The van der Waals surface area contributed by atoms with Crippen molar-refractivity contribution in [2.45, 2.75) is 0 Å². The number of benzene rings is 2. The molecule has 126 valence electrons. The molecule has 1 amide bonds. The van der Waals surface area contributed by atoms with Crippen molar-refractivity contribution < 1.29 is 9.72 Å². The van der Waals surface area contributed by atoms with Gasteiger partial charge < -0.3 is 4.57 Å². The molecule has 0 aliphatic rings. The highest BCUT2D eigenvalue weighted by Crippen LogP contribution is 2.22. The molecule has 0 saturated heterocycles. The van der Waals surface area contributed by atoms with Crippen molar-refractivity contribution in [3.05, 3.63) is 74.0 Å². The third kappa shape index (κ3) is 3.67. The van der Waals surface area contributed by atoms with Crippen LogP contribution in [0.4, 0.5) is 5.69 Å². The fourth-order valence-electron chi connectivity index (χ4n) is 2.25. The van der Waals surface area contributed by atoms with E-state index in [1.54, 1.807) is 35.9 Å². The predicted octanol–water partition coefficient (Wildman–Crippen LogP) is 3.94. The summed E-state index contributed by atoms with van der Waals surface area (Å²) in [5, 5.41) is 11.4. The minimum atomic E-state index is -0.451. The van der Waals surface area contributed by atoms with Crippen LogP contribution in [0.3, 0.4) is 0 Å². The van der Waals surface area contributed by atoms with Gasteiger partial charge in [-0.25, -0.2) is 0 Å². The number of carbonyl (C=O) groups excluding carboxylic acids is 1. The zero-order valence-electron chi connectivity index (χ0n) is 13.0. The highest BCUT2D eigenvalue weighted by atomic mass is 35.5. The van der Waals surface area contributed by atoms with Crippen LogP contribution in [-0.4, -0.2) is 15.4 Å². The zero-order chi connectivity index (χ0) is 18.0. The smallest absolute Gasteiger partial charge is 0.272 e.